The summed E-state index contributed by atoms with van der Waals surface area (Å²) in [6, 6.07) is 3.51. The zero-order valence-corrected chi connectivity index (χ0v) is 16.0. The van der Waals surface area contributed by atoms with Gasteiger partial charge in [0.1, 0.15) is 11.5 Å². The van der Waals surface area contributed by atoms with Gasteiger partial charge in [0.05, 0.1) is 36.4 Å². The number of aryl methyl sites for hydroxylation is 1. The third kappa shape index (κ3) is 3.43. The van der Waals surface area contributed by atoms with Crippen molar-refractivity contribution in [3.8, 4) is 0 Å². The van der Waals surface area contributed by atoms with Crippen LogP contribution in [0.15, 0.2) is 21.2 Å². The van der Waals surface area contributed by atoms with E-state index < -0.39 is 5.82 Å². The van der Waals surface area contributed by atoms with Crippen LogP contribution >= 0.6 is 0 Å². The Morgan fingerprint density at radius 1 is 1.21 bits per heavy atom. The molecule has 0 bridgehead atoms. The van der Waals surface area contributed by atoms with Crippen molar-refractivity contribution in [3.63, 3.8) is 0 Å². The first-order valence-electron chi connectivity index (χ1n) is 9.24. The topological polar surface area (TPSA) is 96.8 Å². The predicted octanol–water partition coefficient (Wildman–Crippen LogP) is 2.98. The lowest BCUT2D eigenvalue weighted by Crippen LogP contribution is -2.46. The van der Waals surface area contributed by atoms with E-state index in [9.17, 15) is 5.11 Å². The Morgan fingerprint density at radius 3 is 2.61 bits per heavy atom. The molecule has 1 aliphatic heterocycles. The summed E-state index contributed by atoms with van der Waals surface area (Å²) >= 11 is 0. The number of hydrogen-bond donors (Lipinski definition) is 2. The summed E-state index contributed by atoms with van der Waals surface area (Å²) in [7, 11) is 0. The van der Waals surface area contributed by atoms with E-state index in [0.717, 1.165) is 0 Å². The second-order valence-corrected chi connectivity index (χ2v) is 7.21. The highest BCUT2D eigenvalue weighted by atomic mass is 19.1. The molecule has 2 N–H and O–H groups in total. The molecule has 2 aromatic heterocycles. The van der Waals surface area contributed by atoms with Gasteiger partial charge in [-0.05, 0) is 26.8 Å². The van der Waals surface area contributed by atoms with Gasteiger partial charge in [-0.2, -0.15) is 0 Å². The lowest BCUT2D eigenvalue weighted by molar-refractivity contribution is -0.00549. The molecule has 0 radical (unpaired) electrons. The summed E-state index contributed by atoms with van der Waals surface area (Å²) < 4.78 is 31.4. The van der Waals surface area contributed by atoms with Crippen LogP contribution in [0.4, 0.5) is 15.9 Å². The van der Waals surface area contributed by atoms with Crippen molar-refractivity contribution in [3.05, 3.63) is 35.0 Å². The van der Waals surface area contributed by atoms with Crippen LogP contribution in [0.3, 0.4) is 0 Å². The number of halogens is 1. The molecule has 1 saturated heterocycles. The first-order chi connectivity index (χ1) is 13.5. The van der Waals surface area contributed by atoms with E-state index in [2.05, 4.69) is 15.6 Å². The zero-order valence-electron chi connectivity index (χ0n) is 16.0. The summed E-state index contributed by atoms with van der Waals surface area (Å²) in [5.74, 6) is 0.564. The minimum Gasteiger partial charge on any atom is -0.392 e. The Labute approximate surface area is 161 Å². The first-order valence-corrected chi connectivity index (χ1v) is 9.24. The summed E-state index contributed by atoms with van der Waals surface area (Å²) in [5, 5.41) is 21.3. The van der Waals surface area contributed by atoms with Crippen molar-refractivity contribution in [1.82, 2.24) is 10.3 Å². The van der Waals surface area contributed by atoms with Crippen LogP contribution in [0, 0.1) is 12.7 Å². The quantitative estimate of drug-likeness (QED) is 0.686. The SMILES string of the molecule is Cc1cc(CNc2noc3c(F)c(N4CC(C)OC(C)C4)c(CO)cc23)no1. The highest BCUT2D eigenvalue weighted by molar-refractivity contribution is 5.92. The van der Waals surface area contributed by atoms with Gasteiger partial charge in [-0.1, -0.05) is 10.3 Å². The van der Waals surface area contributed by atoms with E-state index in [-0.39, 0.29) is 24.4 Å². The van der Waals surface area contributed by atoms with E-state index >= 15 is 4.39 Å². The minimum atomic E-state index is -0.527. The molecule has 9 heteroatoms. The molecular weight excluding hydrogens is 367 g/mol. The first kappa shape index (κ1) is 18.7. The van der Waals surface area contributed by atoms with E-state index in [0.29, 0.717) is 53.5 Å². The minimum absolute atomic E-state index is 0.0386. The maximum Gasteiger partial charge on any atom is 0.206 e. The molecule has 0 amide bonds. The third-order valence-electron chi connectivity index (χ3n) is 4.78. The van der Waals surface area contributed by atoms with Crippen LogP contribution in [0.5, 0.6) is 0 Å². The molecule has 3 heterocycles. The van der Waals surface area contributed by atoms with Crippen molar-refractivity contribution in [2.24, 2.45) is 0 Å². The lowest BCUT2D eigenvalue weighted by Gasteiger charge is -2.37. The van der Waals surface area contributed by atoms with Gasteiger partial charge in [0, 0.05) is 24.7 Å². The summed E-state index contributed by atoms with van der Waals surface area (Å²) in [5.41, 5.74) is 1.57. The summed E-state index contributed by atoms with van der Waals surface area (Å²) in [6.07, 6.45) is -0.0773. The van der Waals surface area contributed by atoms with Crippen LogP contribution in [0.25, 0.3) is 11.0 Å². The molecule has 150 valence electrons. The standard InChI is InChI=1S/C19H23FN4O4/c1-10-4-14(22-27-10)6-21-19-15-5-13(9-25)17(16(20)18(15)28-23-19)24-7-11(2)26-12(3)8-24/h4-5,11-12,25H,6-9H2,1-3H3,(H,21,23). The highest BCUT2D eigenvalue weighted by Crippen LogP contribution is 2.36. The maximum atomic E-state index is 15.4. The fourth-order valence-electron chi connectivity index (χ4n) is 3.71. The summed E-state index contributed by atoms with van der Waals surface area (Å²) in [6.45, 7) is 6.82. The van der Waals surface area contributed by atoms with Crippen molar-refractivity contribution in [2.75, 3.05) is 23.3 Å². The van der Waals surface area contributed by atoms with Crippen LogP contribution in [-0.4, -0.2) is 40.7 Å². The number of nitrogens with zero attached hydrogens (tertiary/aromatic N) is 3. The molecule has 0 aliphatic carbocycles. The summed E-state index contributed by atoms with van der Waals surface area (Å²) in [4.78, 5) is 1.90. The van der Waals surface area contributed by atoms with Crippen molar-refractivity contribution in [2.45, 2.75) is 46.1 Å². The fourth-order valence-corrected chi connectivity index (χ4v) is 3.71. The Balaban J connectivity index is 1.68. The number of benzene rings is 1. The maximum absolute atomic E-state index is 15.4. The smallest absolute Gasteiger partial charge is 0.206 e. The molecule has 2 unspecified atom stereocenters. The fraction of sp³-hybridized carbons (Fsp3) is 0.474. The molecule has 0 saturated carbocycles. The molecule has 3 aromatic rings. The Morgan fingerprint density at radius 2 is 1.96 bits per heavy atom. The number of aliphatic hydroxyl groups excluding tert-OH is 1. The largest absolute Gasteiger partial charge is 0.392 e. The molecule has 0 spiro atoms. The third-order valence-corrected chi connectivity index (χ3v) is 4.78. The average molecular weight is 390 g/mol. The Kier molecular flexibility index (Phi) is 4.94. The molecule has 1 aliphatic rings. The molecule has 4 rings (SSSR count). The zero-order chi connectivity index (χ0) is 19.8. The van der Waals surface area contributed by atoms with Crippen LogP contribution < -0.4 is 10.2 Å². The number of aliphatic hydroxyl groups is 1. The molecule has 28 heavy (non-hydrogen) atoms. The number of ether oxygens (including phenoxy) is 1. The Hall–Kier alpha value is -2.65. The van der Waals surface area contributed by atoms with Crippen LogP contribution in [-0.2, 0) is 17.9 Å². The number of rotatable bonds is 5. The van der Waals surface area contributed by atoms with E-state index in [1.54, 1.807) is 19.1 Å². The number of morpholine rings is 1. The number of nitrogens with one attached hydrogen (secondary N) is 1. The molecule has 2 atom stereocenters. The molecule has 1 aromatic carbocycles. The molecular formula is C19H23FN4O4. The van der Waals surface area contributed by atoms with Gasteiger partial charge in [0.15, 0.2) is 11.6 Å². The number of anilines is 2. The predicted molar refractivity (Wildman–Crippen MR) is 101 cm³/mol. The van der Waals surface area contributed by atoms with Gasteiger partial charge in [-0.15, -0.1) is 0 Å². The number of fused-ring (bicyclic) bond motifs is 1. The van der Waals surface area contributed by atoms with Gasteiger partial charge < -0.3 is 29.1 Å². The van der Waals surface area contributed by atoms with Gasteiger partial charge >= 0.3 is 0 Å². The number of aromatic nitrogens is 2. The monoisotopic (exact) mass is 390 g/mol. The Bertz CT molecular complexity index is 976. The van der Waals surface area contributed by atoms with E-state index in [1.807, 2.05) is 18.7 Å². The lowest BCUT2D eigenvalue weighted by atomic mass is 10.1. The van der Waals surface area contributed by atoms with E-state index in [1.165, 1.54) is 0 Å². The van der Waals surface area contributed by atoms with Gasteiger partial charge in [-0.25, -0.2) is 4.39 Å². The van der Waals surface area contributed by atoms with Crippen molar-refractivity contribution >= 4 is 22.5 Å². The van der Waals surface area contributed by atoms with Gasteiger partial charge in [0.25, 0.3) is 0 Å². The second-order valence-electron chi connectivity index (χ2n) is 7.21. The van der Waals surface area contributed by atoms with Crippen LogP contribution in [0.1, 0.15) is 30.9 Å². The molecule has 1 fully saturated rings. The van der Waals surface area contributed by atoms with Crippen molar-refractivity contribution < 1.29 is 23.3 Å². The normalized spacial score (nSPS) is 20.1. The second kappa shape index (κ2) is 7.40. The number of hydrogen-bond acceptors (Lipinski definition) is 8. The molecule has 8 nitrogen and oxygen atoms in total. The average Bonchev–Trinajstić information content (AvgIpc) is 3.24. The highest BCUT2D eigenvalue weighted by Gasteiger charge is 2.29. The van der Waals surface area contributed by atoms with E-state index in [4.69, 9.17) is 13.8 Å². The van der Waals surface area contributed by atoms with Crippen molar-refractivity contribution in [1.29, 1.82) is 0 Å². The van der Waals surface area contributed by atoms with Crippen LogP contribution in [0.2, 0.25) is 0 Å². The van der Waals surface area contributed by atoms with Gasteiger partial charge in [-0.3, -0.25) is 0 Å². The van der Waals surface area contributed by atoms with Gasteiger partial charge in [0.2, 0.25) is 5.58 Å².